The smallest absolute Gasteiger partial charge is 0.227 e. The Morgan fingerprint density at radius 3 is 2.75 bits per heavy atom. The number of hydrogen-bond donors (Lipinski definition) is 1. The standard InChI is InChI=1S/C15H19N3O2/c1-10-14(11(2)20-17-10)9-18(3)15(19)8-12-5-4-6-13(16)7-12/h4-7H,8-9,16H2,1-3H3. The van der Waals surface area contributed by atoms with Crippen LogP contribution in [0.5, 0.6) is 0 Å². The van der Waals surface area contributed by atoms with Gasteiger partial charge in [0.15, 0.2) is 0 Å². The largest absolute Gasteiger partial charge is 0.399 e. The van der Waals surface area contributed by atoms with E-state index in [1.165, 1.54) is 0 Å². The Hall–Kier alpha value is -2.30. The highest BCUT2D eigenvalue weighted by Gasteiger charge is 2.15. The fourth-order valence-corrected chi connectivity index (χ4v) is 2.07. The van der Waals surface area contributed by atoms with E-state index >= 15 is 0 Å². The molecule has 106 valence electrons. The van der Waals surface area contributed by atoms with Gasteiger partial charge in [-0.05, 0) is 31.5 Å². The highest BCUT2D eigenvalue weighted by molar-refractivity contribution is 5.78. The fraction of sp³-hybridized carbons (Fsp3) is 0.333. The molecule has 0 bridgehead atoms. The second-order valence-corrected chi connectivity index (χ2v) is 4.97. The zero-order valence-corrected chi connectivity index (χ0v) is 12.0. The Bertz CT molecular complexity index is 600. The summed E-state index contributed by atoms with van der Waals surface area (Å²) in [5, 5.41) is 3.89. The third-order valence-corrected chi connectivity index (χ3v) is 3.31. The van der Waals surface area contributed by atoms with Gasteiger partial charge in [0.05, 0.1) is 18.7 Å². The molecule has 5 nitrogen and oxygen atoms in total. The first-order valence-corrected chi connectivity index (χ1v) is 6.47. The maximum atomic E-state index is 12.2. The van der Waals surface area contributed by atoms with Crippen LogP contribution in [0.15, 0.2) is 28.8 Å². The monoisotopic (exact) mass is 273 g/mol. The van der Waals surface area contributed by atoms with Gasteiger partial charge in [-0.15, -0.1) is 0 Å². The number of aromatic nitrogens is 1. The van der Waals surface area contributed by atoms with Crippen LogP contribution in [0, 0.1) is 13.8 Å². The first-order chi connectivity index (χ1) is 9.47. The summed E-state index contributed by atoms with van der Waals surface area (Å²) >= 11 is 0. The molecule has 2 aromatic rings. The minimum absolute atomic E-state index is 0.0376. The predicted molar refractivity (Wildman–Crippen MR) is 77.0 cm³/mol. The quantitative estimate of drug-likeness (QED) is 0.866. The van der Waals surface area contributed by atoms with Crippen molar-refractivity contribution in [3.63, 3.8) is 0 Å². The van der Waals surface area contributed by atoms with E-state index < -0.39 is 0 Å². The molecule has 1 aromatic carbocycles. The van der Waals surface area contributed by atoms with Crippen LogP contribution < -0.4 is 5.73 Å². The SMILES string of the molecule is Cc1noc(C)c1CN(C)C(=O)Cc1cccc(N)c1. The van der Waals surface area contributed by atoms with E-state index in [9.17, 15) is 4.79 Å². The zero-order valence-electron chi connectivity index (χ0n) is 12.0. The molecule has 0 aliphatic heterocycles. The summed E-state index contributed by atoms with van der Waals surface area (Å²) in [6.07, 6.45) is 0.338. The second kappa shape index (κ2) is 5.77. The lowest BCUT2D eigenvalue weighted by Crippen LogP contribution is -2.28. The van der Waals surface area contributed by atoms with Crippen molar-refractivity contribution in [3.8, 4) is 0 Å². The number of nitrogens with two attached hydrogens (primary N) is 1. The van der Waals surface area contributed by atoms with E-state index in [1.54, 1.807) is 11.9 Å². The lowest BCUT2D eigenvalue weighted by atomic mass is 10.1. The molecule has 0 saturated carbocycles. The summed E-state index contributed by atoms with van der Waals surface area (Å²) in [7, 11) is 1.78. The van der Waals surface area contributed by atoms with E-state index in [-0.39, 0.29) is 5.91 Å². The minimum atomic E-state index is 0.0376. The molecule has 0 radical (unpaired) electrons. The van der Waals surface area contributed by atoms with E-state index in [1.807, 2.05) is 38.1 Å². The van der Waals surface area contributed by atoms with Crippen molar-refractivity contribution >= 4 is 11.6 Å². The summed E-state index contributed by atoms with van der Waals surface area (Å²) in [4.78, 5) is 13.9. The number of amides is 1. The Morgan fingerprint density at radius 2 is 2.15 bits per heavy atom. The molecule has 0 unspecified atom stereocenters. The molecular formula is C15H19N3O2. The van der Waals surface area contributed by atoms with Crippen molar-refractivity contribution in [1.82, 2.24) is 10.1 Å². The number of benzene rings is 1. The van der Waals surface area contributed by atoms with Crippen molar-refractivity contribution in [2.75, 3.05) is 12.8 Å². The Labute approximate surface area is 118 Å². The third kappa shape index (κ3) is 3.17. The van der Waals surface area contributed by atoms with E-state index in [4.69, 9.17) is 10.3 Å². The van der Waals surface area contributed by atoms with Crippen molar-refractivity contribution in [1.29, 1.82) is 0 Å². The lowest BCUT2D eigenvalue weighted by Gasteiger charge is -2.17. The van der Waals surface area contributed by atoms with Gasteiger partial charge in [-0.25, -0.2) is 0 Å². The van der Waals surface area contributed by atoms with Gasteiger partial charge in [-0.1, -0.05) is 17.3 Å². The van der Waals surface area contributed by atoms with Crippen LogP contribution in [0.25, 0.3) is 0 Å². The number of nitrogens with zero attached hydrogens (tertiary/aromatic N) is 2. The fourth-order valence-electron chi connectivity index (χ4n) is 2.07. The van der Waals surface area contributed by atoms with Crippen LogP contribution in [0.2, 0.25) is 0 Å². The van der Waals surface area contributed by atoms with Gasteiger partial charge in [0.1, 0.15) is 5.76 Å². The molecule has 1 amide bonds. The van der Waals surface area contributed by atoms with Gasteiger partial charge in [0.25, 0.3) is 0 Å². The summed E-state index contributed by atoms with van der Waals surface area (Å²) < 4.78 is 5.11. The summed E-state index contributed by atoms with van der Waals surface area (Å²) in [6, 6.07) is 7.38. The van der Waals surface area contributed by atoms with Gasteiger partial charge in [-0.3, -0.25) is 4.79 Å². The molecular weight excluding hydrogens is 254 g/mol. The predicted octanol–water partition coefficient (Wildman–Crippen LogP) is 2.07. The van der Waals surface area contributed by atoms with Crippen LogP contribution >= 0.6 is 0 Å². The highest BCUT2D eigenvalue weighted by atomic mass is 16.5. The van der Waals surface area contributed by atoms with Gasteiger partial charge < -0.3 is 15.2 Å². The van der Waals surface area contributed by atoms with Crippen LogP contribution in [0.4, 0.5) is 5.69 Å². The number of aryl methyl sites for hydroxylation is 2. The Balaban J connectivity index is 2.02. The molecule has 2 rings (SSSR count). The highest BCUT2D eigenvalue weighted by Crippen LogP contribution is 2.15. The molecule has 0 saturated heterocycles. The molecule has 0 spiro atoms. The topological polar surface area (TPSA) is 72.4 Å². The summed E-state index contributed by atoms with van der Waals surface area (Å²) in [5.41, 5.74) is 9.09. The molecule has 0 atom stereocenters. The minimum Gasteiger partial charge on any atom is -0.399 e. The van der Waals surface area contributed by atoms with Gasteiger partial charge in [0.2, 0.25) is 5.91 Å². The molecule has 20 heavy (non-hydrogen) atoms. The van der Waals surface area contributed by atoms with Gasteiger partial charge >= 0.3 is 0 Å². The molecule has 0 aliphatic rings. The molecule has 0 fully saturated rings. The molecule has 0 aliphatic carbocycles. The average Bonchev–Trinajstić information content (AvgIpc) is 2.70. The lowest BCUT2D eigenvalue weighted by molar-refractivity contribution is -0.129. The number of carbonyl (C=O) groups is 1. The number of carbonyl (C=O) groups excluding carboxylic acids is 1. The van der Waals surface area contributed by atoms with Crippen LogP contribution in [0.1, 0.15) is 22.6 Å². The van der Waals surface area contributed by atoms with E-state index in [0.29, 0.717) is 18.7 Å². The van der Waals surface area contributed by atoms with Crippen molar-refractivity contribution < 1.29 is 9.32 Å². The molecule has 2 N–H and O–H groups in total. The summed E-state index contributed by atoms with van der Waals surface area (Å²) in [5.74, 6) is 0.793. The third-order valence-electron chi connectivity index (χ3n) is 3.31. The van der Waals surface area contributed by atoms with Crippen LogP contribution in [-0.2, 0) is 17.8 Å². The van der Waals surface area contributed by atoms with Crippen molar-refractivity contribution in [2.24, 2.45) is 0 Å². The maximum Gasteiger partial charge on any atom is 0.227 e. The maximum absolute atomic E-state index is 12.2. The normalized spacial score (nSPS) is 10.6. The number of anilines is 1. The van der Waals surface area contributed by atoms with Gasteiger partial charge in [-0.2, -0.15) is 0 Å². The average molecular weight is 273 g/mol. The Kier molecular flexibility index (Phi) is 4.08. The molecule has 1 aromatic heterocycles. The zero-order chi connectivity index (χ0) is 14.7. The molecule has 1 heterocycles. The first kappa shape index (κ1) is 14.1. The van der Waals surface area contributed by atoms with Crippen LogP contribution in [0.3, 0.4) is 0 Å². The van der Waals surface area contributed by atoms with E-state index in [0.717, 1.165) is 22.6 Å². The van der Waals surface area contributed by atoms with E-state index in [2.05, 4.69) is 5.16 Å². The van der Waals surface area contributed by atoms with Crippen molar-refractivity contribution in [2.45, 2.75) is 26.8 Å². The number of likely N-dealkylation sites (N-methyl/N-ethyl adjacent to an activating group) is 1. The summed E-state index contributed by atoms with van der Waals surface area (Å²) in [6.45, 7) is 4.23. The van der Waals surface area contributed by atoms with Crippen LogP contribution in [-0.4, -0.2) is 23.0 Å². The Morgan fingerprint density at radius 1 is 1.40 bits per heavy atom. The number of nitrogen functional groups attached to an aromatic ring is 1. The van der Waals surface area contributed by atoms with Gasteiger partial charge in [0, 0.05) is 18.3 Å². The first-order valence-electron chi connectivity index (χ1n) is 6.47. The molecule has 5 heteroatoms. The number of hydrogen-bond acceptors (Lipinski definition) is 4. The number of rotatable bonds is 4. The van der Waals surface area contributed by atoms with Crippen molar-refractivity contribution in [3.05, 3.63) is 46.8 Å². The second-order valence-electron chi connectivity index (χ2n) is 4.97.